The van der Waals surface area contributed by atoms with Crippen LogP contribution in [0, 0.1) is 0 Å². The summed E-state index contributed by atoms with van der Waals surface area (Å²) in [5, 5.41) is 2.01. The minimum absolute atomic E-state index is 0.000347. The highest BCUT2D eigenvalue weighted by Gasteiger charge is 2.18. The predicted octanol–water partition coefficient (Wildman–Crippen LogP) is 2.54. The number of thiophene rings is 1. The van der Waals surface area contributed by atoms with Gasteiger partial charge in [0.05, 0.1) is 18.8 Å². The molecular formula is C14H23NO3S. The van der Waals surface area contributed by atoms with Gasteiger partial charge in [-0.3, -0.25) is 4.79 Å². The maximum atomic E-state index is 12.2. The summed E-state index contributed by atoms with van der Waals surface area (Å²) < 4.78 is 10.6. The lowest BCUT2D eigenvalue weighted by molar-refractivity contribution is -0.142. The summed E-state index contributed by atoms with van der Waals surface area (Å²) in [6.45, 7) is 7.68. The summed E-state index contributed by atoms with van der Waals surface area (Å²) in [7, 11) is 1.64. The fourth-order valence-electron chi connectivity index (χ4n) is 1.45. The summed E-state index contributed by atoms with van der Waals surface area (Å²) >= 11 is 1.65. The van der Waals surface area contributed by atoms with Crippen molar-refractivity contribution in [2.24, 2.45) is 0 Å². The molecule has 1 heterocycles. The van der Waals surface area contributed by atoms with E-state index in [1.54, 1.807) is 23.3 Å². The van der Waals surface area contributed by atoms with E-state index < -0.39 is 0 Å². The molecule has 0 aliphatic heterocycles. The van der Waals surface area contributed by atoms with Crippen molar-refractivity contribution < 1.29 is 14.3 Å². The van der Waals surface area contributed by atoms with Crippen LogP contribution in [-0.2, 0) is 20.8 Å². The highest BCUT2D eigenvalue weighted by molar-refractivity contribution is 7.09. The molecule has 0 saturated heterocycles. The van der Waals surface area contributed by atoms with Crippen molar-refractivity contribution in [2.75, 3.05) is 26.9 Å². The van der Waals surface area contributed by atoms with Crippen LogP contribution in [0.4, 0.5) is 0 Å². The lowest BCUT2D eigenvalue weighted by Crippen LogP contribution is -2.37. The molecule has 5 heteroatoms. The lowest BCUT2D eigenvalue weighted by Gasteiger charge is -2.25. The third-order valence-corrected chi connectivity index (χ3v) is 3.33. The monoisotopic (exact) mass is 285 g/mol. The third kappa shape index (κ3) is 6.71. The summed E-state index contributed by atoms with van der Waals surface area (Å²) in [5.41, 5.74) is -0.300. The zero-order chi connectivity index (χ0) is 14.3. The van der Waals surface area contributed by atoms with Gasteiger partial charge in [-0.05, 0) is 32.2 Å². The van der Waals surface area contributed by atoms with Gasteiger partial charge in [-0.1, -0.05) is 6.07 Å². The number of carbonyl (C=O) groups is 1. The SMILES string of the molecule is COCCN(Cc1cccs1)C(=O)COC(C)(C)C. The molecule has 0 aliphatic rings. The smallest absolute Gasteiger partial charge is 0.249 e. The van der Waals surface area contributed by atoms with Gasteiger partial charge in [0.1, 0.15) is 6.61 Å². The molecule has 0 bridgehead atoms. The molecule has 0 aliphatic carbocycles. The van der Waals surface area contributed by atoms with Gasteiger partial charge in [0.2, 0.25) is 5.91 Å². The first-order chi connectivity index (χ1) is 8.92. The highest BCUT2D eigenvalue weighted by Crippen LogP contribution is 2.13. The van der Waals surface area contributed by atoms with E-state index >= 15 is 0 Å². The predicted molar refractivity (Wildman–Crippen MR) is 77.3 cm³/mol. The minimum atomic E-state index is -0.300. The minimum Gasteiger partial charge on any atom is -0.383 e. The molecular weight excluding hydrogens is 262 g/mol. The van der Waals surface area contributed by atoms with Gasteiger partial charge in [-0.15, -0.1) is 11.3 Å². The zero-order valence-electron chi connectivity index (χ0n) is 12.1. The first-order valence-corrected chi connectivity index (χ1v) is 7.23. The summed E-state index contributed by atoms with van der Waals surface area (Å²) in [4.78, 5) is 15.1. The van der Waals surface area contributed by atoms with Crippen LogP contribution in [0.5, 0.6) is 0 Å². The Labute approximate surface area is 119 Å². The van der Waals surface area contributed by atoms with Crippen LogP contribution in [0.15, 0.2) is 17.5 Å². The Morgan fingerprint density at radius 3 is 2.68 bits per heavy atom. The van der Waals surface area contributed by atoms with Crippen molar-refractivity contribution in [3.05, 3.63) is 22.4 Å². The second-order valence-electron chi connectivity index (χ2n) is 5.29. The van der Waals surface area contributed by atoms with Gasteiger partial charge in [0.25, 0.3) is 0 Å². The third-order valence-electron chi connectivity index (χ3n) is 2.47. The standard InChI is InChI=1S/C14H23NO3S/c1-14(2,3)18-11-13(16)15(7-8-17-4)10-12-6-5-9-19-12/h5-6,9H,7-8,10-11H2,1-4H3. The quantitative estimate of drug-likeness (QED) is 0.773. The van der Waals surface area contributed by atoms with E-state index in [1.807, 2.05) is 38.3 Å². The normalized spacial score (nSPS) is 11.6. The van der Waals surface area contributed by atoms with E-state index in [0.717, 1.165) is 0 Å². The molecule has 1 rings (SSSR count). The number of nitrogens with zero attached hydrogens (tertiary/aromatic N) is 1. The number of carbonyl (C=O) groups excluding carboxylic acids is 1. The van der Waals surface area contributed by atoms with E-state index in [-0.39, 0.29) is 18.1 Å². The molecule has 0 aromatic carbocycles. The van der Waals surface area contributed by atoms with Crippen LogP contribution in [0.3, 0.4) is 0 Å². The second kappa shape index (κ2) is 7.62. The van der Waals surface area contributed by atoms with Crippen LogP contribution < -0.4 is 0 Å². The molecule has 1 aromatic heterocycles. The number of ether oxygens (including phenoxy) is 2. The Morgan fingerprint density at radius 1 is 1.42 bits per heavy atom. The molecule has 108 valence electrons. The molecule has 0 N–H and O–H groups in total. The first kappa shape index (κ1) is 16.1. The highest BCUT2D eigenvalue weighted by atomic mass is 32.1. The molecule has 0 radical (unpaired) electrons. The van der Waals surface area contributed by atoms with Crippen LogP contribution >= 0.6 is 11.3 Å². The Morgan fingerprint density at radius 2 is 2.16 bits per heavy atom. The molecule has 0 atom stereocenters. The van der Waals surface area contributed by atoms with E-state index in [0.29, 0.717) is 19.7 Å². The Balaban J connectivity index is 2.54. The number of rotatable bonds is 7. The van der Waals surface area contributed by atoms with Crippen molar-refractivity contribution in [1.29, 1.82) is 0 Å². The zero-order valence-corrected chi connectivity index (χ0v) is 13.0. The second-order valence-corrected chi connectivity index (χ2v) is 6.32. The van der Waals surface area contributed by atoms with Crippen molar-refractivity contribution in [3.8, 4) is 0 Å². The summed E-state index contributed by atoms with van der Waals surface area (Å²) in [6, 6.07) is 4.02. The average molecular weight is 285 g/mol. The molecule has 19 heavy (non-hydrogen) atoms. The van der Waals surface area contributed by atoms with Gasteiger partial charge in [-0.2, -0.15) is 0 Å². The molecule has 0 unspecified atom stereocenters. The van der Waals surface area contributed by atoms with Crippen molar-refractivity contribution in [3.63, 3.8) is 0 Å². The van der Waals surface area contributed by atoms with E-state index in [9.17, 15) is 4.79 Å². The molecule has 4 nitrogen and oxygen atoms in total. The average Bonchev–Trinajstić information content (AvgIpc) is 2.83. The first-order valence-electron chi connectivity index (χ1n) is 6.35. The Hall–Kier alpha value is -0.910. The van der Waals surface area contributed by atoms with Crippen molar-refractivity contribution in [2.45, 2.75) is 32.9 Å². The number of methoxy groups -OCH3 is 1. The summed E-state index contributed by atoms with van der Waals surface area (Å²) in [5.74, 6) is 0.000347. The van der Waals surface area contributed by atoms with E-state index in [1.165, 1.54) is 4.88 Å². The fourth-order valence-corrected chi connectivity index (χ4v) is 2.17. The lowest BCUT2D eigenvalue weighted by atomic mass is 10.2. The van der Waals surface area contributed by atoms with Crippen LogP contribution in [0.2, 0.25) is 0 Å². The van der Waals surface area contributed by atoms with Gasteiger partial charge >= 0.3 is 0 Å². The van der Waals surface area contributed by atoms with Gasteiger partial charge < -0.3 is 14.4 Å². The van der Waals surface area contributed by atoms with Gasteiger partial charge in [0, 0.05) is 18.5 Å². The number of amides is 1. The molecule has 0 saturated carbocycles. The molecule has 1 amide bonds. The number of hydrogen-bond donors (Lipinski definition) is 0. The topological polar surface area (TPSA) is 38.8 Å². The maximum Gasteiger partial charge on any atom is 0.249 e. The van der Waals surface area contributed by atoms with Crippen molar-refractivity contribution in [1.82, 2.24) is 4.90 Å². The van der Waals surface area contributed by atoms with Crippen LogP contribution in [-0.4, -0.2) is 43.3 Å². The van der Waals surface area contributed by atoms with Crippen molar-refractivity contribution >= 4 is 17.2 Å². The largest absolute Gasteiger partial charge is 0.383 e. The summed E-state index contributed by atoms with van der Waals surface area (Å²) in [6.07, 6.45) is 0. The number of hydrogen-bond acceptors (Lipinski definition) is 4. The molecule has 0 spiro atoms. The molecule has 1 aromatic rings. The van der Waals surface area contributed by atoms with Gasteiger partial charge in [-0.25, -0.2) is 0 Å². The maximum absolute atomic E-state index is 12.2. The van der Waals surface area contributed by atoms with Crippen LogP contribution in [0.25, 0.3) is 0 Å². The van der Waals surface area contributed by atoms with Gasteiger partial charge in [0.15, 0.2) is 0 Å². The Kier molecular flexibility index (Phi) is 6.48. The fraction of sp³-hybridized carbons (Fsp3) is 0.643. The Bertz CT molecular complexity index is 371. The molecule has 0 fully saturated rings. The van der Waals surface area contributed by atoms with E-state index in [4.69, 9.17) is 9.47 Å². The van der Waals surface area contributed by atoms with E-state index in [2.05, 4.69) is 0 Å². The van der Waals surface area contributed by atoms with Crippen LogP contribution in [0.1, 0.15) is 25.6 Å².